The summed E-state index contributed by atoms with van der Waals surface area (Å²) in [5, 5.41) is 0.586. The molecule has 0 fully saturated rings. The highest BCUT2D eigenvalue weighted by Crippen LogP contribution is 2.34. The van der Waals surface area contributed by atoms with Gasteiger partial charge in [-0.25, -0.2) is 4.79 Å². The Balaban J connectivity index is 2.73. The molecule has 0 radical (unpaired) electrons. The summed E-state index contributed by atoms with van der Waals surface area (Å²) in [6, 6.07) is 5.34. The zero-order valence-electron chi connectivity index (χ0n) is 10.4. The normalized spacial score (nSPS) is 10.4. The number of hydrogen-bond acceptors (Lipinski definition) is 3. The first-order chi connectivity index (χ1) is 8.51. The lowest BCUT2D eigenvalue weighted by Crippen LogP contribution is -2.12. The summed E-state index contributed by atoms with van der Waals surface area (Å²) in [4.78, 5) is 18.0. The minimum absolute atomic E-state index is 0.385. The van der Waals surface area contributed by atoms with E-state index in [4.69, 9.17) is 16.3 Å². The molecular weight excluding hydrogens is 252 g/mol. The van der Waals surface area contributed by atoms with Crippen LogP contribution in [0.15, 0.2) is 23.0 Å². The minimum atomic E-state index is -0.385. The summed E-state index contributed by atoms with van der Waals surface area (Å²) in [5.41, 5.74) is 2.53. The molecule has 2 aromatic rings. The number of benzene rings is 1. The molecule has 0 aliphatic carbocycles. The standard InChI is InChI=1S/C13H13ClN2O2/c1-7-4-9(14)6-10(12(7)18-3)11-5-8(2)15-13(17)16-11/h4-6H,1-3H3,(H,15,16,17). The molecule has 1 heterocycles. The molecule has 1 aromatic heterocycles. The molecule has 94 valence electrons. The van der Waals surface area contributed by atoms with Crippen LogP contribution in [0.3, 0.4) is 0 Å². The van der Waals surface area contributed by atoms with Crippen LogP contribution in [0.1, 0.15) is 11.3 Å². The molecule has 5 heteroatoms. The SMILES string of the molecule is COc1c(C)cc(Cl)cc1-c1cc(C)[nH]c(=O)n1. The van der Waals surface area contributed by atoms with E-state index >= 15 is 0 Å². The van der Waals surface area contributed by atoms with Crippen LogP contribution in [0, 0.1) is 13.8 Å². The number of rotatable bonds is 2. The van der Waals surface area contributed by atoms with Crippen molar-refractivity contribution >= 4 is 11.6 Å². The van der Waals surface area contributed by atoms with Crippen molar-refractivity contribution < 1.29 is 4.74 Å². The van der Waals surface area contributed by atoms with Crippen LogP contribution in [0.25, 0.3) is 11.3 Å². The zero-order chi connectivity index (χ0) is 13.3. The van der Waals surface area contributed by atoms with Gasteiger partial charge in [-0.05, 0) is 37.6 Å². The van der Waals surface area contributed by atoms with Gasteiger partial charge in [0.1, 0.15) is 5.75 Å². The Morgan fingerprint density at radius 1 is 1.28 bits per heavy atom. The zero-order valence-corrected chi connectivity index (χ0v) is 11.1. The van der Waals surface area contributed by atoms with Gasteiger partial charge in [0.05, 0.1) is 12.8 Å². The first-order valence-electron chi connectivity index (χ1n) is 5.43. The lowest BCUT2D eigenvalue weighted by molar-refractivity contribution is 0.413. The smallest absolute Gasteiger partial charge is 0.345 e. The lowest BCUT2D eigenvalue weighted by atomic mass is 10.1. The highest BCUT2D eigenvalue weighted by Gasteiger charge is 2.12. The molecule has 1 aromatic carbocycles. The predicted octanol–water partition coefficient (Wildman–Crippen LogP) is 2.72. The average Bonchev–Trinajstić information content (AvgIpc) is 2.26. The van der Waals surface area contributed by atoms with Crippen LogP contribution in [-0.2, 0) is 0 Å². The van der Waals surface area contributed by atoms with Crippen LogP contribution >= 0.6 is 11.6 Å². The molecule has 0 aliphatic heterocycles. The molecule has 0 aliphatic rings. The van der Waals surface area contributed by atoms with E-state index < -0.39 is 0 Å². The van der Waals surface area contributed by atoms with Gasteiger partial charge in [-0.3, -0.25) is 0 Å². The number of aromatic nitrogens is 2. The maximum Gasteiger partial charge on any atom is 0.345 e. The van der Waals surface area contributed by atoms with Crippen LogP contribution in [0.2, 0.25) is 5.02 Å². The molecule has 1 N–H and O–H groups in total. The highest BCUT2D eigenvalue weighted by molar-refractivity contribution is 6.31. The monoisotopic (exact) mass is 264 g/mol. The molecule has 4 nitrogen and oxygen atoms in total. The van der Waals surface area contributed by atoms with E-state index in [2.05, 4.69) is 9.97 Å². The number of aromatic amines is 1. The quantitative estimate of drug-likeness (QED) is 0.907. The largest absolute Gasteiger partial charge is 0.496 e. The lowest BCUT2D eigenvalue weighted by Gasteiger charge is -2.11. The molecule has 0 unspecified atom stereocenters. The topological polar surface area (TPSA) is 55.0 Å². The Bertz CT molecular complexity index is 650. The Morgan fingerprint density at radius 2 is 2.00 bits per heavy atom. The third-order valence-corrected chi connectivity index (χ3v) is 2.82. The molecule has 18 heavy (non-hydrogen) atoms. The number of halogens is 1. The summed E-state index contributed by atoms with van der Waals surface area (Å²) >= 11 is 6.04. The number of nitrogens with zero attached hydrogens (tertiary/aromatic N) is 1. The molecule has 0 atom stereocenters. The molecule has 0 saturated heterocycles. The van der Waals surface area contributed by atoms with E-state index in [1.165, 1.54) is 0 Å². The van der Waals surface area contributed by atoms with Gasteiger partial charge in [-0.15, -0.1) is 0 Å². The van der Waals surface area contributed by atoms with Crippen molar-refractivity contribution in [2.24, 2.45) is 0 Å². The maximum absolute atomic E-state index is 11.4. The Morgan fingerprint density at radius 3 is 2.61 bits per heavy atom. The Labute approximate surface area is 110 Å². The highest BCUT2D eigenvalue weighted by atomic mass is 35.5. The fourth-order valence-electron chi connectivity index (χ4n) is 1.91. The number of nitrogens with one attached hydrogen (secondary N) is 1. The molecular formula is C13H13ClN2O2. The summed E-state index contributed by atoms with van der Waals surface area (Å²) in [7, 11) is 1.58. The van der Waals surface area contributed by atoms with Crippen molar-refractivity contribution in [3.63, 3.8) is 0 Å². The van der Waals surface area contributed by atoms with Gasteiger partial charge >= 0.3 is 5.69 Å². The van der Waals surface area contributed by atoms with Crippen LogP contribution in [0.5, 0.6) is 5.75 Å². The van der Waals surface area contributed by atoms with Crippen molar-refractivity contribution in [1.82, 2.24) is 9.97 Å². The summed E-state index contributed by atoms with van der Waals surface area (Å²) in [6.45, 7) is 3.70. The van der Waals surface area contributed by atoms with Gasteiger partial charge in [0.25, 0.3) is 0 Å². The van der Waals surface area contributed by atoms with E-state index in [1.807, 2.05) is 13.0 Å². The molecule has 0 saturated carbocycles. The van der Waals surface area contributed by atoms with Crippen molar-refractivity contribution in [2.45, 2.75) is 13.8 Å². The van der Waals surface area contributed by atoms with Crippen molar-refractivity contribution in [2.75, 3.05) is 7.11 Å². The van der Waals surface area contributed by atoms with Gasteiger partial charge < -0.3 is 9.72 Å². The van der Waals surface area contributed by atoms with Gasteiger partial charge in [0.2, 0.25) is 0 Å². The van der Waals surface area contributed by atoms with E-state index in [0.29, 0.717) is 16.5 Å². The summed E-state index contributed by atoms with van der Waals surface area (Å²) < 4.78 is 5.35. The predicted molar refractivity (Wildman–Crippen MR) is 71.3 cm³/mol. The number of ether oxygens (including phenoxy) is 1. The van der Waals surface area contributed by atoms with E-state index in [0.717, 1.165) is 16.8 Å². The Kier molecular flexibility index (Phi) is 3.39. The molecule has 0 bridgehead atoms. The van der Waals surface area contributed by atoms with Gasteiger partial charge in [-0.2, -0.15) is 4.98 Å². The second kappa shape index (κ2) is 4.82. The second-order valence-electron chi connectivity index (χ2n) is 4.06. The number of aryl methyl sites for hydroxylation is 2. The number of methoxy groups -OCH3 is 1. The van der Waals surface area contributed by atoms with E-state index in [1.54, 1.807) is 26.2 Å². The second-order valence-corrected chi connectivity index (χ2v) is 4.49. The number of H-pyrrole nitrogens is 1. The Hall–Kier alpha value is -1.81. The average molecular weight is 265 g/mol. The van der Waals surface area contributed by atoms with Crippen LogP contribution < -0.4 is 10.4 Å². The third-order valence-electron chi connectivity index (χ3n) is 2.60. The summed E-state index contributed by atoms with van der Waals surface area (Å²) in [5.74, 6) is 0.678. The van der Waals surface area contributed by atoms with E-state index in [-0.39, 0.29) is 5.69 Å². The first-order valence-corrected chi connectivity index (χ1v) is 5.81. The first kappa shape index (κ1) is 12.6. The fourth-order valence-corrected chi connectivity index (χ4v) is 2.18. The number of hydrogen-bond donors (Lipinski definition) is 1. The van der Waals surface area contributed by atoms with Gasteiger partial charge in [-0.1, -0.05) is 11.6 Å². The third kappa shape index (κ3) is 2.38. The van der Waals surface area contributed by atoms with Gasteiger partial charge in [0, 0.05) is 16.3 Å². The van der Waals surface area contributed by atoms with Crippen LogP contribution in [-0.4, -0.2) is 17.1 Å². The van der Waals surface area contributed by atoms with Gasteiger partial charge in [0.15, 0.2) is 0 Å². The maximum atomic E-state index is 11.4. The minimum Gasteiger partial charge on any atom is -0.496 e. The molecule has 0 amide bonds. The van der Waals surface area contributed by atoms with E-state index in [9.17, 15) is 4.79 Å². The summed E-state index contributed by atoms with van der Waals surface area (Å²) in [6.07, 6.45) is 0. The van der Waals surface area contributed by atoms with Crippen molar-refractivity contribution in [1.29, 1.82) is 0 Å². The molecule has 0 spiro atoms. The molecule has 2 rings (SSSR count). The van der Waals surface area contributed by atoms with Crippen LogP contribution in [0.4, 0.5) is 0 Å². The van der Waals surface area contributed by atoms with Crippen molar-refractivity contribution in [3.05, 3.63) is 45.0 Å². The van der Waals surface area contributed by atoms with Crippen molar-refractivity contribution in [3.8, 4) is 17.0 Å². The fraction of sp³-hybridized carbons (Fsp3) is 0.231.